The zero-order valence-electron chi connectivity index (χ0n) is 7.44. The predicted octanol–water partition coefficient (Wildman–Crippen LogP) is 2.94. The number of unbranched alkanes of at least 4 members (excludes halogenated alkanes) is 2. The number of rotatable bonds is 6. The molecular weight excluding hydrogens is 194 g/mol. The van der Waals surface area contributed by atoms with Crippen molar-refractivity contribution in [3.05, 3.63) is 10.4 Å². The van der Waals surface area contributed by atoms with Gasteiger partial charge in [0.05, 0.1) is 0 Å². The second kappa shape index (κ2) is 7.71. The van der Waals surface area contributed by atoms with Crippen molar-refractivity contribution in [2.75, 3.05) is 0 Å². The van der Waals surface area contributed by atoms with Gasteiger partial charge in [-0.2, -0.15) is 0 Å². The largest absolute Gasteiger partial charge is 0.358 e. The van der Waals surface area contributed by atoms with E-state index in [2.05, 4.69) is 22.0 Å². The molecule has 0 N–H and O–H groups in total. The van der Waals surface area contributed by atoms with Crippen molar-refractivity contribution in [3.8, 4) is 0 Å². The Morgan fingerprint density at radius 1 is 1.69 bits per heavy atom. The van der Waals surface area contributed by atoms with Crippen molar-refractivity contribution in [3.63, 3.8) is 0 Å². The van der Waals surface area contributed by atoms with Crippen molar-refractivity contribution in [2.45, 2.75) is 38.0 Å². The Labute approximate surface area is 81.6 Å². The van der Waals surface area contributed by atoms with E-state index in [4.69, 9.17) is 17.1 Å². The lowest BCUT2D eigenvalue weighted by Gasteiger charge is -2.04. The van der Waals surface area contributed by atoms with Gasteiger partial charge >= 0.3 is 5.97 Å². The van der Waals surface area contributed by atoms with Gasteiger partial charge in [-0.3, -0.25) is 0 Å². The van der Waals surface area contributed by atoms with Gasteiger partial charge in [-0.15, -0.1) is 11.6 Å². The van der Waals surface area contributed by atoms with E-state index in [0.29, 0.717) is 6.42 Å². The average molecular weight is 206 g/mol. The summed E-state index contributed by atoms with van der Waals surface area (Å²) in [4.78, 5) is 17.3. The maximum atomic E-state index is 10.9. The number of alkyl halides is 1. The molecule has 0 bridgehead atoms. The molecule has 0 spiro atoms. The molecule has 0 fully saturated rings. The van der Waals surface area contributed by atoms with Crippen molar-refractivity contribution in [1.82, 2.24) is 0 Å². The Morgan fingerprint density at radius 2 is 2.38 bits per heavy atom. The van der Waals surface area contributed by atoms with Gasteiger partial charge in [0.1, 0.15) is 10.7 Å². The van der Waals surface area contributed by atoms with E-state index < -0.39 is 11.3 Å². The summed E-state index contributed by atoms with van der Waals surface area (Å²) in [6.45, 7) is 2.06. The topological polar surface area (TPSA) is 75.1 Å². The molecule has 0 aliphatic heterocycles. The SMILES string of the molecule is CCCCCC(Cl)C(=O)ON=[N+]=[N-]. The van der Waals surface area contributed by atoms with Crippen molar-refractivity contribution >= 4 is 17.6 Å². The second-order valence-corrected chi connectivity index (χ2v) is 3.07. The van der Waals surface area contributed by atoms with Gasteiger partial charge in [-0.1, -0.05) is 26.2 Å². The fourth-order valence-corrected chi connectivity index (χ4v) is 1.00. The lowest BCUT2D eigenvalue weighted by molar-refractivity contribution is -0.143. The highest BCUT2D eigenvalue weighted by molar-refractivity contribution is 6.29. The summed E-state index contributed by atoms with van der Waals surface area (Å²) in [5.41, 5.74) is 7.85. The van der Waals surface area contributed by atoms with Crippen LogP contribution in [0.3, 0.4) is 0 Å². The summed E-state index contributed by atoms with van der Waals surface area (Å²) in [6, 6.07) is 0. The van der Waals surface area contributed by atoms with Crippen LogP contribution in [0.15, 0.2) is 5.28 Å². The minimum atomic E-state index is -0.711. The van der Waals surface area contributed by atoms with Crippen LogP contribution >= 0.6 is 11.6 Å². The minimum absolute atomic E-state index is 0.551. The highest BCUT2D eigenvalue weighted by Gasteiger charge is 2.15. The van der Waals surface area contributed by atoms with Gasteiger partial charge in [0.25, 0.3) is 0 Å². The Kier molecular flexibility index (Phi) is 7.15. The standard InChI is InChI=1S/C7H12ClN3O2/c1-2-3-4-5-6(8)7(12)13-11-10-9/h6H,2-5H2,1H3. The highest BCUT2D eigenvalue weighted by atomic mass is 35.5. The summed E-state index contributed by atoms with van der Waals surface area (Å²) in [7, 11) is 0. The normalized spacial score (nSPS) is 11.5. The zero-order chi connectivity index (χ0) is 10.1. The third-order valence-corrected chi connectivity index (χ3v) is 1.88. The average Bonchev–Trinajstić information content (AvgIpc) is 2.14. The summed E-state index contributed by atoms with van der Waals surface area (Å²) < 4.78 is 0. The molecule has 0 aliphatic carbocycles. The maximum Gasteiger partial charge on any atom is 0.335 e. The first-order valence-electron chi connectivity index (χ1n) is 4.11. The fraction of sp³-hybridized carbons (Fsp3) is 0.857. The lowest BCUT2D eigenvalue weighted by Crippen LogP contribution is -2.15. The van der Waals surface area contributed by atoms with Gasteiger partial charge in [0.15, 0.2) is 0 Å². The van der Waals surface area contributed by atoms with Gasteiger partial charge in [0.2, 0.25) is 0 Å². The molecule has 0 aromatic carbocycles. The molecule has 0 aliphatic rings. The Hall–Kier alpha value is -0.930. The quantitative estimate of drug-likeness (QED) is 0.167. The van der Waals surface area contributed by atoms with Crippen LogP contribution in [0.5, 0.6) is 0 Å². The van der Waals surface area contributed by atoms with Crippen LogP contribution in [0.2, 0.25) is 0 Å². The van der Waals surface area contributed by atoms with E-state index in [1.807, 2.05) is 0 Å². The monoisotopic (exact) mass is 205 g/mol. The molecule has 0 aromatic rings. The van der Waals surface area contributed by atoms with Crippen LogP contribution in [0.25, 0.3) is 10.4 Å². The molecule has 0 aromatic heterocycles. The van der Waals surface area contributed by atoms with Gasteiger partial charge in [0, 0.05) is 4.91 Å². The maximum absolute atomic E-state index is 10.9. The van der Waals surface area contributed by atoms with Crippen molar-refractivity contribution in [1.29, 1.82) is 0 Å². The number of hydrogen-bond donors (Lipinski definition) is 0. The second-order valence-electron chi connectivity index (χ2n) is 2.54. The van der Waals surface area contributed by atoms with E-state index in [1.54, 1.807) is 0 Å². The van der Waals surface area contributed by atoms with Crippen molar-refractivity contribution < 1.29 is 9.63 Å². The molecule has 5 nitrogen and oxygen atoms in total. The first-order chi connectivity index (χ1) is 6.22. The number of azide groups is 1. The van der Waals surface area contributed by atoms with E-state index in [0.717, 1.165) is 19.3 Å². The van der Waals surface area contributed by atoms with E-state index in [1.165, 1.54) is 0 Å². The molecule has 0 saturated heterocycles. The molecule has 6 heteroatoms. The fourth-order valence-electron chi connectivity index (χ4n) is 0.807. The molecule has 1 unspecified atom stereocenters. The van der Waals surface area contributed by atoms with Crippen LogP contribution in [0, 0.1) is 0 Å². The number of halogens is 1. The zero-order valence-corrected chi connectivity index (χ0v) is 8.20. The Balaban J connectivity index is 3.62. The summed E-state index contributed by atoms with van der Waals surface area (Å²) >= 11 is 5.64. The van der Waals surface area contributed by atoms with Crippen LogP contribution in [0.1, 0.15) is 32.6 Å². The van der Waals surface area contributed by atoms with Gasteiger partial charge in [-0.25, -0.2) is 4.79 Å². The summed E-state index contributed by atoms with van der Waals surface area (Å²) in [5.74, 6) is -0.685. The van der Waals surface area contributed by atoms with Gasteiger partial charge in [-0.05, 0) is 12.0 Å². The Bertz CT molecular complexity index is 204. The highest BCUT2D eigenvalue weighted by Crippen LogP contribution is 2.10. The van der Waals surface area contributed by atoms with Gasteiger partial charge < -0.3 is 4.84 Å². The van der Waals surface area contributed by atoms with E-state index in [-0.39, 0.29) is 0 Å². The summed E-state index contributed by atoms with van der Waals surface area (Å²) in [6.07, 6.45) is 3.51. The van der Waals surface area contributed by atoms with Crippen LogP contribution in [-0.2, 0) is 9.63 Å². The minimum Gasteiger partial charge on any atom is -0.358 e. The molecule has 13 heavy (non-hydrogen) atoms. The molecular formula is C7H12ClN3O2. The number of carbonyl (C=O) groups is 1. The number of hydrogen-bond acceptors (Lipinski definition) is 3. The number of nitrogens with zero attached hydrogens (tertiary/aromatic N) is 3. The van der Waals surface area contributed by atoms with Crippen LogP contribution in [-0.4, -0.2) is 11.3 Å². The molecule has 0 amide bonds. The third kappa shape index (κ3) is 6.25. The predicted molar refractivity (Wildman–Crippen MR) is 49.0 cm³/mol. The third-order valence-electron chi connectivity index (χ3n) is 1.48. The first-order valence-corrected chi connectivity index (χ1v) is 4.55. The molecule has 74 valence electrons. The first kappa shape index (κ1) is 12.1. The van der Waals surface area contributed by atoms with Crippen molar-refractivity contribution in [2.24, 2.45) is 5.28 Å². The molecule has 0 heterocycles. The lowest BCUT2D eigenvalue weighted by atomic mass is 10.1. The van der Waals surface area contributed by atoms with Crippen LogP contribution in [0.4, 0.5) is 0 Å². The Morgan fingerprint density at radius 3 is 2.92 bits per heavy atom. The van der Waals surface area contributed by atoms with Crippen LogP contribution < -0.4 is 0 Å². The molecule has 0 saturated carbocycles. The molecule has 0 radical (unpaired) electrons. The number of carbonyl (C=O) groups excluding carboxylic acids is 1. The molecule has 0 rings (SSSR count). The van der Waals surface area contributed by atoms with E-state index in [9.17, 15) is 4.79 Å². The molecule has 1 atom stereocenters. The summed E-state index contributed by atoms with van der Waals surface area (Å²) in [5, 5.41) is 1.96. The smallest absolute Gasteiger partial charge is 0.335 e. The van der Waals surface area contributed by atoms with E-state index >= 15 is 0 Å².